The van der Waals surface area contributed by atoms with Crippen LogP contribution in [-0.2, 0) is 22.3 Å². The molecule has 0 saturated heterocycles. The van der Waals surface area contributed by atoms with Gasteiger partial charge < -0.3 is 10.2 Å². The van der Waals surface area contributed by atoms with Crippen molar-refractivity contribution in [1.82, 2.24) is 19.9 Å². The van der Waals surface area contributed by atoms with Gasteiger partial charge in [0.1, 0.15) is 11.5 Å². The molecule has 6 nitrogen and oxygen atoms in total. The van der Waals surface area contributed by atoms with Crippen LogP contribution in [0.3, 0.4) is 0 Å². The number of thioether (sulfide) groups is 2. The van der Waals surface area contributed by atoms with Gasteiger partial charge >= 0.3 is 0 Å². The second-order valence-corrected chi connectivity index (χ2v) is 16.9. The lowest BCUT2D eigenvalue weighted by atomic mass is 9.84. The fourth-order valence-electron chi connectivity index (χ4n) is 5.88. The van der Waals surface area contributed by atoms with E-state index in [1.165, 1.54) is 36.8 Å². The minimum Gasteiger partial charge on any atom is -0.507 e. The molecule has 0 bridgehead atoms. The molecule has 2 heterocycles. The van der Waals surface area contributed by atoms with Gasteiger partial charge in [-0.1, -0.05) is 79.4 Å². The molecule has 2 atom stereocenters. The van der Waals surface area contributed by atoms with Crippen LogP contribution in [-0.4, -0.2) is 40.6 Å². The molecule has 1 saturated carbocycles. The molecule has 2 unspecified atom stereocenters. The maximum atomic E-state index is 11.5. The van der Waals surface area contributed by atoms with E-state index in [2.05, 4.69) is 73.6 Å². The summed E-state index contributed by atoms with van der Waals surface area (Å²) in [6.07, 6.45) is 14.2. The number of phenols is 2. The summed E-state index contributed by atoms with van der Waals surface area (Å²) in [5, 5.41) is 23.8. The van der Waals surface area contributed by atoms with Crippen LogP contribution in [0.15, 0.2) is 61.2 Å². The standard InChI is InChI=1S/C38H48N4O2S2/c1-37(2,3)27-19-25(33(43)29(21-27)35-39-15-11-16-40-35)23-45-31-13-9-7-8-10-14-32(31)46-24-26-20-28(38(4,5)6)22-30(34(26)44)36-41-17-12-18-42-36/h11-12,15-22,31-32,43-44H,7-10,13-14,23-24H2,1-6H3. The summed E-state index contributed by atoms with van der Waals surface area (Å²) in [7, 11) is 0. The normalized spacial score (nSPS) is 17.8. The molecular weight excluding hydrogens is 609 g/mol. The zero-order valence-corrected chi connectivity index (χ0v) is 29.7. The van der Waals surface area contributed by atoms with E-state index < -0.39 is 0 Å². The van der Waals surface area contributed by atoms with Crippen LogP contribution < -0.4 is 0 Å². The lowest BCUT2D eigenvalue weighted by Crippen LogP contribution is -2.22. The van der Waals surface area contributed by atoms with Crippen molar-refractivity contribution in [3.63, 3.8) is 0 Å². The average molecular weight is 657 g/mol. The van der Waals surface area contributed by atoms with Crippen LogP contribution in [0.2, 0.25) is 0 Å². The molecule has 2 N–H and O–H groups in total. The number of hydrogen-bond donors (Lipinski definition) is 2. The smallest absolute Gasteiger partial charge is 0.162 e. The van der Waals surface area contributed by atoms with E-state index >= 15 is 0 Å². The number of rotatable bonds is 8. The summed E-state index contributed by atoms with van der Waals surface area (Å²) in [6, 6.07) is 12.0. The van der Waals surface area contributed by atoms with Gasteiger partial charge in [-0.3, -0.25) is 0 Å². The van der Waals surface area contributed by atoms with Crippen LogP contribution in [0.4, 0.5) is 0 Å². The summed E-state index contributed by atoms with van der Waals surface area (Å²) in [6.45, 7) is 13.2. The van der Waals surface area contributed by atoms with E-state index in [0.717, 1.165) is 35.5 Å². The highest BCUT2D eigenvalue weighted by molar-refractivity contribution is 8.03. The second-order valence-electron chi connectivity index (χ2n) is 14.4. The molecule has 0 aliphatic heterocycles. The summed E-state index contributed by atoms with van der Waals surface area (Å²) in [5.74, 6) is 3.10. The maximum absolute atomic E-state index is 11.5. The minimum atomic E-state index is -0.0808. The largest absolute Gasteiger partial charge is 0.507 e. The minimum absolute atomic E-state index is 0.0808. The Kier molecular flexibility index (Phi) is 11.0. The van der Waals surface area contributed by atoms with E-state index in [0.29, 0.717) is 33.3 Å². The first-order valence-corrected chi connectivity index (χ1v) is 18.5. The summed E-state index contributed by atoms with van der Waals surface area (Å²) in [4.78, 5) is 17.8. The van der Waals surface area contributed by atoms with Gasteiger partial charge in [-0.25, -0.2) is 19.9 Å². The fraction of sp³-hybridized carbons (Fsp3) is 0.474. The van der Waals surface area contributed by atoms with Crippen LogP contribution >= 0.6 is 23.5 Å². The number of phenolic OH excluding ortho intramolecular Hbond substituents is 2. The molecule has 2 aromatic carbocycles. The van der Waals surface area contributed by atoms with Crippen molar-refractivity contribution >= 4 is 23.5 Å². The molecule has 2 aromatic heterocycles. The highest BCUT2D eigenvalue weighted by Crippen LogP contribution is 2.43. The van der Waals surface area contributed by atoms with E-state index in [9.17, 15) is 10.2 Å². The van der Waals surface area contributed by atoms with E-state index in [1.54, 1.807) is 36.9 Å². The van der Waals surface area contributed by atoms with Crippen molar-refractivity contribution in [2.24, 2.45) is 0 Å². The van der Waals surface area contributed by atoms with Gasteiger partial charge in [0.25, 0.3) is 0 Å². The van der Waals surface area contributed by atoms with Gasteiger partial charge in [0, 0.05) is 57.9 Å². The molecule has 1 aliphatic carbocycles. The molecule has 0 spiro atoms. The van der Waals surface area contributed by atoms with Crippen molar-refractivity contribution in [2.75, 3.05) is 0 Å². The Labute approximate surface area is 283 Å². The second kappa shape index (κ2) is 14.8. The highest BCUT2D eigenvalue weighted by atomic mass is 32.2. The predicted octanol–water partition coefficient (Wildman–Crippen LogP) is 9.86. The zero-order chi connectivity index (χ0) is 32.9. The Balaban J connectivity index is 1.41. The lowest BCUT2D eigenvalue weighted by molar-refractivity contribution is 0.470. The Hall–Kier alpha value is -3.10. The summed E-state index contributed by atoms with van der Waals surface area (Å²) < 4.78 is 0. The van der Waals surface area contributed by atoms with E-state index in [1.807, 2.05) is 35.7 Å². The molecule has 0 radical (unpaired) electrons. The van der Waals surface area contributed by atoms with Gasteiger partial charge in [-0.15, -0.1) is 0 Å². The van der Waals surface area contributed by atoms with Crippen LogP contribution in [0.5, 0.6) is 11.5 Å². The molecule has 8 heteroatoms. The Bertz CT molecular complexity index is 1480. The van der Waals surface area contributed by atoms with Crippen molar-refractivity contribution in [3.05, 3.63) is 83.4 Å². The number of hydrogen-bond acceptors (Lipinski definition) is 8. The summed E-state index contributed by atoms with van der Waals surface area (Å²) in [5.41, 5.74) is 5.44. The van der Waals surface area contributed by atoms with Crippen LogP contribution in [0.1, 0.15) is 102 Å². The Morgan fingerprint density at radius 3 is 1.30 bits per heavy atom. The van der Waals surface area contributed by atoms with Crippen molar-refractivity contribution in [1.29, 1.82) is 0 Å². The van der Waals surface area contributed by atoms with Crippen LogP contribution in [0, 0.1) is 0 Å². The van der Waals surface area contributed by atoms with Gasteiger partial charge in [0.2, 0.25) is 0 Å². The molecule has 244 valence electrons. The van der Waals surface area contributed by atoms with Crippen molar-refractivity contribution < 1.29 is 10.2 Å². The first kappa shape index (κ1) is 34.2. The monoisotopic (exact) mass is 656 g/mol. The van der Waals surface area contributed by atoms with Gasteiger partial charge in [-0.2, -0.15) is 23.5 Å². The third kappa shape index (κ3) is 8.43. The summed E-state index contributed by atoms with van der Waals surface area (Å²) >= 11 is 3.92. The van der Waals surface area contributed by atoms with Gasteiger partial charge in [0.15, 0.2) is 11.6 Å². The number of aromatic nitrogens is 4. The molecule has 1 fully saturated rings. The highest BCUT2D eigenvalue weighted by Gasteiger charge is 2.27. The quantitative estimate of drug-likeness (QED) is 0.194. The molecule has 5 rings (SSSR count). The Morgan fingerprint density at radius 1 is 0.587 bits per heavy atom. The number of aromatic hydroxyl groups is 2. The molecule has 0 amide bonds. The van der Waals surface area contributed by atoms with Crippen molar-refractivity contribution in [3.8, 4) is 34.3 Å². The molecular formula is C38H48N4O2S2. The van der Waals surface area contributed by atoms with E-state index in [4.69, 9.17) is 0 Å². The third-order valence-corrected chi connectivity index (χ3v) is 11.9. The molecule has 46 heavy (non-hydrogen) atoms. The maximum Gasteiger partial charge on any atom is 0.162 e. The number of benzene rings is 2. The SMILES string of the molecule is CC(C)(C)c1cc(CSC2CCCCCCC2SCc2cc(C(C)(C)C)cc(-c3ncccn3)c2O)c(O)c(-c2ncccn2)c1. The topological polar surface area (TPSA) is 92.0 Å². The Morgan fingerprint density at radius 2 is 0.957 bits per heavy atom. The predicted molar refractivity (Wildman–Crippen MR) is 194 cm³/mol. The van der Waals surface area contributed by atoms with Gasteiger partial charge in [-0.05, 0) is 59.1 Å². The van der Waals surface area contributed by atoms with E-state index in [-0.39, 0.29) is 22.3 Å². The molecule has 4 aromatic rings. The number of nitrogens with zero attached hydrogens (tertiary/aromatic N) is 4. The first-order valence-electron chi connectivity index (χ1n) is 16.4. The zero-order valence-electron chi connectivity index (χ0n) is 28.1. The third-order valence-electron chi connectivity index (χ3n) is 8.77. The average Bonchev–Trinajstić information content (AvgIpc) is 3.01. The fourth-order valence-corrected chi connectivity index (χ4v) is 8.95. The molecule has 1 aliphatic rings. The lowest BCUT2D eigenvalue weighted by Gasteiger charge is -2.30. The van der Waals surface area contributed by atoms with Gasteiger partial charge in [0.05, 0.1) is 11.1 Å². The van der Waals surface area contributed by atoms with Crippen molar-refractivity contribution in [2.45, 2.75) is 113 Å². The first-order chi connectivity index (χ1) is 21.9. The van der Waals surface area contributed by atoms with Crippen LogP contribution in [0.25, 0.3) is 22.8 Å².